The highest BCUT2D eigenvalue weighted by molar-refractivity contribution is 5.22. The molecule has 19 heavy (non-hydrogen) atoms. The summed E-state index contributed by atoms with van der Waals surface area (Å²) in [4.78, 5) is 4.05. The SMILES string of the molecule is CC(N[C@H](C)c1cccnc1)c1cc(F)cc(F)c1. The Morgan fingerprint density at radius 3 is 2.21 bits per heavy atom. The van der Waals surface area contributed by atoms with Crippen LogP contribution >= 0.6 is 0 Å². The van der Waals surface area contributed by atoms with Gasteiger partial charge in [-0.2, -0.15) is 0 Å². The zero-order valence-corrected chi connectivity index (χ0v) is 10.9. The number of nitrogens with one attached hydrogen (secondary N) is 1. The second-order valence-corrected chi connectivity index (χ2v) is 4.60. The van der Waals surface area contributed by atoms with Crippen molar-refractivity contribution < 1.29 is 8.78 Å². The lowest BCUT2D eigenvalue weighted by atomic mass is 10.1. The van der Waals surface area contributed by atoms with Crippen LogP contribution in [-0.4, -0.2) is 4.98 Å². The van der Waals surface area contributed by atoms with Gasteiger partial charge < -0.3 is 5.32 Å². The second-order valence-electron chi connectivity index (χ2n) is 4.60. The van der Waals surface area contributed by atoms with E-state index in [9.17, 15) is 8.78 Å². The molecule has 0 fully saturated rings. The molecule has 1 aromatic carbocycles. The average molecular weight is 262 g/mol. The van der Waals surface area contributed by atoms with Gasteiger partial charge in [0.15, 0.2) is 0 Å². The maximum absolute atomic E-state index is 13.2. The van der Waals surface area contributed by atoms with Crippen molar-refractivity contribution in [3.8, 4) is 0 Å². The normalized spacial score (nSPS) is 14.1. The molecule has 0 aliphatic rings. The topological polar surface area (TPSA) is 24.9 Å². The van der Waals surface area contributed by atoms with E-state index >= 15 is 0 Å². The molecule has 0 amide bonds. The smallest absolute Gasteiger partial charge is 0.126 e. The van der Waals surface area contributed by atoms with E-state index < -0.39 is 11.6 Å². The molecule has 0 saturated carbocycles. The van der Waals surface area contributed by atoms with E-state index in [0.717, 1.165) is 11.6 Å². The molecular weight excluding hydrogens is 246 g/mol. The molecule has 2 atom stereocenters. The summed E-state index contributed by atoms with van der Waals surface area (Å²) in [6.45, 7) is 3.87. The monoisotopic (exact) mass is 262 g/mol. The molecular formula is C15H16F2N2. The maximum Gasteiger partial charge on any atom is 0.126 e. The van der Waals surface area contributed by atoms with Gasteiger partial charge in [-0.3, -0.25) is 4.98 Å². The lowest BCUT2D eigenvalue weighted by Crippen LogP contribution is -2.22. The van der Waals surface area contributed by atoms with Crippen LogP contribution in [0.5, 0.6) is 0 Å². The lowest BCUT2D eigenvalue weighted by Gasteiger charge is -2.20. The number of hydrogen-bond donors (Lipinski definition) is 1. The zero-order chi connectivity index (χ0) is 13.8. The van der Waals surface area contributed by atoms with Gasteiger partial charge in [0.05, 0.1) is 0 Å². The van der Waals surface area contributed by atoms with Crippen LogP contribution in [0, 0.1) is 11.6 Å². The molecule has 1 aromatic heterocycles. The quantitative estimate of drug-likeness (QED) is 0.907. The molecule has 0 bridgehead atoms. The van der Waals surface area contributed by atoms with E-state index in [-0.39, 0.29) is 12.1 Å². The fourth-order valence-electron chi connectivity index (χ4n) is 2.02. The summed E-state index contributed by atoms with van der Waals surface area (Å²) in [6, 6.07) is 7.29. The molecule has 0 spiro atoms. The molecule has 1 heterocycles. The van der Waals surface area contributed by atoms with Crippen molar-refractivity contribution in [2.45, 2.75) is 25.9 Å². The van der Waals surface area contributed by atoms with Gasteiger partial charge in [0.2, 0.25) is 0 Å². The third-order valence-electron chi connectivity index (χ3n) is 3.07. The van der Waals surface area contributed by atoms with E-state index in [4.69, 9.17) is 0 Å². The number of rotatable bonds is 4. The summed E-state index contributed by atoms with van der Waals surface area (Å²) in [5.41, 5.74) is 1.62. The van der Waals surface area contributed by atoms with Crippen LogP contribution in [0.25, 0.3) is 0 Å². The van der Waals surface area contributed by atoms with Gasteiger partial charge in [0.1, 0.15) is 11.6 Å². The van der Waals surface area contributed by atoms with Crippen molar-refractivity contribution in [2.75, 3.05) is 0 Å². The number of halogens is 2. The maximum atomic E-state index is 13.2. The highest BCUT2D eigenvalue weighted by Gasteiger charge is 2.12. The standard InChI is InChI=1S/C15H16F2N2/c1-10(12-4-3-5-18-9-12)19-11(2)13-6-14(16)8-15(17)7-13/h3-11,19H,1-2H3/t10-,11?/m1/s1. The Bertz CT molecular complexity index is 523. The van der Waals surface area contributed by atoms with Crippen molar-refractivity contribution in [3.63, 3.8) is 0 Å². The Morgan fingerprint density at radius 2 is 1.63 bits per heavy atom. The molecule has 1 N–H and O–H groups in total. The fourth-order valence-corrected chi connectivity index (χ4v) is 2.02. The minimum absolute atomic E-state index is 0.0510. The highest BCUT2D eigenvalue weighted by Crippen LogP contribution is 2.20. The zero-order valence-electron chi connectivity index (χ0n) is 10.9. The van der Waals surface area contributed by atoms with Crippen molar-refractivity contribution in [3.05, 3.63) is 65.5 Å². The lowest BCUT2D eigenvalue weighted by molar-refractivity contribution is 0.486. The fraction of sp³-hybridized carbons (Fsp3) is 0.267. The van der Waals surface area contributed by atoms with E-state index in [1.165, 1.54) is 12.1 Å². The first-order valence-corrected chi connectivity index (χ1v) is 6.18. The number of pyridine rings is 1. The number of hydrogen-bond acceptors (Lipinski definition) is 2. The number of nitrogens with zero attached hydrogens (tertiary/aromatic N) is 1. The summed E-state index contributed by atoms with van der Waals surface area (Å²) < 4.78 is 26.3. The van der Waals surface area contributed by atoms with E-state index in [1.54, 1.807) is 12.4 Å². The molecule has 2 rings (SSSR count). The third kappa shape index (κ3) is 3.58. The van der Waals surface area contributed by atoms with Crippen molar-refractivity contribution in [1.82, 2.24) is 10.3 Å². The van der Waals surface area contributed by atoms with Gasteiger partial charge in [-0.25, -0.2) is 8.78 Å². The molecule has 0 radical (unpaired) electrons. The predicted octanol–water partition coefficient (Wildman–Crippen LogP) is 3.77. The minimum atomic E-state index is -0.558. The predicted molar refractivity (Wildman–Crippen MR) is 70.6 cm³/mol. The molecule has 1 unspecified atom stereocenters. The van der Waals surface area contributed by atoms with E-state index in [2.05, 4.69) is 10.3 Å². The molecule has 0 saturated heterocycles. The first-order valence-electron chi connectivity index (χ1n) is 6.18. The summed E-state index contributed by atoms with van der Waals surface area (Å²) in [5.74, 6) is -1.12. The van der Waals surface area contributed by atoms with E-state index in [0.29, 0.717) is 5.56 Å². The molecule has 2 nitrogen and oxygen atoms in total. The summed E-state index contributed by atoms with van der Waals surface area (Å²) in [6.07, 6.45) is 3.48. The van der Waals surface area contributed by atoms with Gasteiger partial charge in [-0.05, 0) is 43.2 Å². The van der Waals surface area contributed by atoms with Crippen LogP contribution in [0.3, 0.4) is 0 Å². The van der Waals surface area contributed by atoms with Crippen LogP contribution in [0.15, 0.2) is 42.7 Å². The van der Waals surface area contributed by atoms with Gasteiger partial charge in [0, 0.05) is 30.5 Å². The van der Waals surface area contributed by atoms with Crippen molar-refractivity contribution in [1.29, 1.82) is 0 Å². The van der Waals surface area contributed by atoms with Gasteiger partial charge in [-0.1, -0.05) is 6.07 Å². The minimum Gasteiger partial charge on any atom is -0.304 e. The van der Waals surface area contributed by atoms with Crippen molar-refractivity contribution in [2.24, 2.45) is 0 Å². The van der Waals surface area contributed by atoms with Crippen LogP contribution in [0.2, 0.25) is 0 Å². The Morgan fingerprint density at radius 1 is 1.00 bits per heavy atom. The Hall–Kier alpha value is -1.81. The molecule has 0 aliphatic carbocycles. The molecule has 100 valence electrons. The first-order chi connectivity index (χ1) is 9.06. The van der Waals surface area contributed by atoms with Gasteiger partial charge in [-0.15, -0.1) is 0 Å². The largest absolute Gasteiger partial charge is 0.304 e. The highest BCUT2D eigenvalue weighted by atomic mass is 19.1. The van der Waals surface area contributed by atoms with Crippen LogP contribution in [0.4, 0.5) is 8.78 Å². The van der Waals surface area contributed by atoms with Gasteiger partial charge >= 0.3 is 0 Å². The summed E-state index contributed by atoms with van der Waals surface area (Å²) in [5, 5.41) is 3.29. The average Bonchev–Trinajstić information content (AvgIpc) is 2.38. The molecule has 2 aromatic rings. The Labute approximate surface area is 111 Å². The number of benzene rings is 1. The van der Waals surface area contributed by atoms with Crippen LogP contribution in [-0.2, 0) is 0 Å². The summed E-state index contributed by atoms with van der Waals surface area (Å²) in [7, 11) is 0. The molecule has 0 aliphatic heterocycles. The van der Waals surface area contributed by atoms with E-state index in [1.807, 2.05) is 26.0 Å². The Kier molecular flexibility index (Phi) is 4.22. The van der Waals surface area contributed by atoms with Crippen LogP contribution < -0.4 is 5.32 Å². The Balaban J connectivity index is 2.10. The third-order valence-corrected chi connectivity index (χ3v) is 3.07. The first kappa shape index (κ1) is 13.6. The van der Waals surface area contributed by atoms with Gasteiger partial charge in [0.25, 0.3) is 0 Å². The second kappa shape index (κ2) is 5.89. The molecule has 4 heteroatoms. The number of aromatic nitrogens is 1. The summed E-state index contributed by atoms with van der Waals surface area (Å²) >= 11 is 0. The van der Waals surface area contributed by atoms with Crippen molar-refractivity contribution >= 4 is 0 Å². The van der Waals surface area contributed by atoms with Crippen LogP contribution in [0.1, 0.15) is 37.1 Å².